The smallest absolute Gasteiger partial charge is 0.337 e. The van der Waals surface area contributed by atoms with E-state index < -0.39 is 5.97 Å². The molecule has 0 fully saturated rings. The van der Waals surface area contributed by atoms with Crippen LogP contribution in [-0.2, 0) is 4.74 Å². The number of rotatable bonds is 5. The molecule has 0 unspecified atom stereocenters. The number of ether oxygens (including phenoxy) is 2. The summed E-state index contributed by atoms with van der Waals surface area (Å²) in [7, 11) is 2.95. The molecule has 0 atom stereocenters. The number of carbonyl (C=O) groups is 2. The van der Waals surface area contributed by atoms with Crippen LogP contribution in [0.3, 0.4) is 0 Å². The molecule has 1 amide bonds. The Kier molecular flexibility index (Phi) is 5.52. The third kappa shape index (κ3) is 4.33. The molecular formula is C22H19NO4. The van der Waals surface area contributed by atoms with Gasteiger partial charge in [-0.25, -0.2) is 4.79 Å². The molecule has 0 radical (unpaired) electrons. The number of hydrogen-bond donors (Lipinski definition) is 1. The highest BCUT2D eigenvalue weighted by Gasteiger charge is 2.09. The van der Waals surface area contributed by atoms with Gasteiger partial charge in [-0.05, 0) is 59.7 Å². The van der Waals surface area contributed by atoms with Crippen molar-refractivity contribution in [1.82, 2.24) is 0 Å². The fourth-order valence-corrected chi connectivity index (χ4v) is 2.63. The molecule has 0 spiro atoms. The second kappa shape index (κ2) is 8.19. The van der Waals surface area contributed by atoms with E-state index in [-0.39, 0.29) is 5.91 Å². The average molecular weight is 361 g/mol. The van der Waals surface area contributed by atoms with E-state index in [2.05, 4.69) is 10.1 Å². The lowest BCUT2D eigenvalue weighted by Gasteiger charge is -2.08. The van der Waals surface area contributed by atoms with Crippen LogP contribution < -0.4 is 10.1 Å². The number of benzene rings is 3. The van der Waals surface area contributed by atoms with E-state index >= 15 is 0 Å². The van der Waals surface area contributed by atoms with Crippen molar-refractivity contribution in [1.29, 1.82) is 0 Å². The normalized spacial score (nSPS) is 10.1. The summed E-state index contributed by atoms with van der Waals surface area (Å²) in [6.07, 6.45) is 0. The largest absolute Gasteiger partial charge is 0.497 e. The summed E-state index contributed by atoms with van der Waals surface area (Å²) in [5.41, 5.74) is 3.60. The van der Waals surface area contributed by atoms with E-state index in [9.17, 15) is 9.59 Å². The minimum atomic E-state index is -0.435. The van der Waals surface area contributed by atoms with E-state index in [1.807, 2.05) is 48.5 Å². The Hall–Kier alpha value is -3.60. The first-order chi connectivity index (χ1) is 13.1. The van der Waals surface area contributed by atoms with Gasteiger partial charge in [0, 0.05) is 11.3 Å². The molecule has 0 bridgehead atoms. The predicted octanol–water partition coefficient (Wildman–Crippen LogP) is 4.40. The molecule has 3 rings (SSSR count). The van der Waals surface area contributed by atoms with E-state index in [1.165, 1.54) is 7.11 Å². The highest BCUT2D eigenvalue weighted by molar-refractivity contribution is 6.04. The molecule has 3 aromatic carbocycles. The van der Waals surface area contributed by atoms with Crippen molar-refractivity contribution in [3.8, 4) is 16.9 Å². The molecule has 0 aliphatic rings. The quantitative estimate of drug-likeness (QED) is 0.684. The third-order valence-electron chi connectivity index (χ3n) is 4.11. The van der Waals surface area contributed by atoms with Crippen LogP contribution in [0.15, 0.2) is 72.8 Å². The van der Waals surface area contributed by atoms with Gasteiger partial charge in [0.25, 0.3) is 5.91 Å². The fourth-order valence-electron chi connectivity index (χ4n) is 2.63. The van der Waals surface area contributed by atoms with Crippen LogP contribution in [0.25, 0.3) is 11.1 Å². The molecule has 1 N–H and O–H groups in total. The van der Waals surface area contributed by atoms with E-state index in [1.54, 1.807) is 31.4 Å². The zero-order chi connectivity index (χ0) is 19.2. The minimum Gasteiger partial charge on any atom is -0.497 e. The topological polar surface area (TPSA) is 64.6 Å². The van der Waals surface area contributed by atoms with Crippen molar-refractivity contribution in [3.05, 3.63) is 83.9 Å². The van der Waals surface area contributed by atoms with Crippen molar-refractivity contribution in [2.24, 2.45) is 0 Å². The molecule has 0 saturated carbocycles. The zero-order valence-electron chi connectivity index (χ0n) is 15.1. The second-order valence-corrected chi connectivity index (χ2v) is 5.83. The summed E-state index contributed by atoms with van der Waals surface area (Å²) in [6.45, 7) is 0. The lowest BCUT2D eigenvalue weighted by atomic mass is 10.0. The summed E-state index contributed by atoms with van der Waals surface area (Å²) in [6, 6.07) is 21.6. The molecule has 136 valence electrons. The van der Waals surface area contributed by atoms with Crippen LogP contribution in [0.5, 0.6) is 5.75 Å². The van der Waals surface area contributed by atoms with Crippen LogP contribution in [-0.4, -0.2) is 26.1 Å². The molecular weight excluding hydrogens is 342 g/mol. The summed E-state index contributed by atoms with van der Waals surface area (Å²) < 4.78 is 9.89. The monoisotopic (exact) mass is 361 g/mol. The lowest BCUT2D eigenvalue weighted by Crippen LogP contribution is -2.12. The van der Waals surface area contributed by atoms with Crippen LogP contribution >= 0.6 is 0 Å². The van der Waals surface area contributed by atoms with Gasteiger partial charge in [-0.2, -0.15) is 0 Å². The summed E-state index contributed by atoms with van der Waals surface area (Å²) in [5, 5.41) is 2.84. The van der Waals surface area contributed by atoms with Gasteiger partial charge in [-0.15, -0.1) is 0 Å². The standard InChI is InChI=1S/C22H19NO4/c1-26-20-5-3-4-18(14-20)15-10-12-19(13-11-15)23-21(24)16-6-8-17(9-7-16)22(25)27-2/h3-14H,1-2H3,(H,23,24). The van der Waals surface area contributed by atoms with E-state index in [0.717, 1.165) is 16.9 Å². The van der Waals surface area contributed by atoms with E-state index in [4.69, 9.17) is 4.74 Å². The van der Waals surface area contributed by atoms with Crippen molar-refractivity contribution < 1.29 is 19.1 Å². The maximum atomic E-state index is 12.4. The Morgan fingerprint density at radius 2 is 1.44 bits per heavy atom. The zero-order valence-corrected chi connectivity index (χ0v) is 15.1. The van der Waals surface area contributed by atoms with Gasteiger partial charge in [-0.1, -0.05) is 24.3 Å². The molecule has 0 saturated heterocycles. The Morgan fingerprint density at radius 1 is 0.778 bits per heavy atom. The second-order valence-electron chi connectivity index (χ2n) is 5.83. The number of amides is 1. The number of nitrogens with one attached hydrogen (secondary N) is 1. The first kappa shape index (κ1) is 18.2. The number of methoxy groups -OCH3 is 2. The van der Waals surface area contributed by atoms with Crippen LogP contribution in [0.1, 0.15) is 20.7 Å². The van der Waals surface area contributed by atoms with Gasteiger partial charge in [0.15, 0.2) is 0 Å². The molecule has 5 nitrogen and oxygen atoms in total. The lowest BCUT2D eigenvalue weighted by molar-refractivity contribution is 0.0600. The van der Waals surface area contributed by atoms with Gasteiger partial charge < -0.3 is 14.8 Å². The van der Waals surface area contributed by atoms with Gasteiger partial charge >= 0.3 is 5.97 Å². The summed E-state index contributed by atoms with van der Waals surface area (Å²) in [5.74, 6) is 0.107. The van der Waals surface area contributed by atoms with Crippen LogP contribution in [0.4, 0.5) is 5.69 Å². The number of hydrogen-bond acceptors (Lipinski definition) is 4. The first-order valence-electron chi connectivity index (χ1n) is 8.35. The third-order valence-corrected chi connectivity index (χ3v) is 4.11. The minimum absolute atomic E-state index is 0.249. The maximum Gasteiger partial charge on any atom is 0.337 e. The Bertz CT molecular complexity index is 947. The number of esters is 1. The Labute approximate surface area is 157 Å². The van der Waals surface area contributed by atoms with Crippen molar-refractivity contribution in [3.63, 3.8) is 0 Å². The first-order valence-corrected chi connectivity index (χ1v) is 8.35. The van der Waals surface area contributed by atoms with Gasteiger partial charge in [-0.3, -0.25) is 4.79 Å². The molecule has 5 heteroatoms. The van der Waals surface area contributed by atoms with Crippen molar-refractivity contribution in [2.75, 3.05) is 19.5 Å². The van der Waals surface area contributed by atoms with Gasteiger partial charge in [0.2, 0.25) is 0 Å². The van der Waals surface area contributed by atoms with Crippen LogP contribution in [0, 0.1) is 0 Å². The van der Waals surface area contributed by atoms with E-state index in [0.29, 0.717) is 16.8 Å². The van der Waals surface area contributed by atoms with Crippen molar-refractivity contribution in [2.45, 2.75) is 0 Å². The molecule has 0 aliphatic heterocycles. The summed E-state index contributed by atoms with van der Waals surface area (Å²) in [4.78, 5) is 23.8. The summed E-state index contributed by atoms with van der Waals surface area (Å²) >= 11 is 0. The average Bonchev–Trinajstić information content (AvgIpc) is 2.73. The highest BCUT2D eigenvalue weighted by Crippen LogP contribution is 2.25. The fraction of sp³-hybridized carbons (Fsp3) is 0.0909. The number of carbonyl (C=O) groups excluding carboxylic acids is 2. The van der Waals surface area contributed by atoms with Gasteiger partial charge in [0.05, 0.1) is 19.8 Å². The van der Waals surface area contributed by atoms with Crippen molar-refractivity contribution >= 4 is 17.6 Å². The molecule has 0 heterocycles. The molecule has 0 aliphatic carbocycles. The highest BCUT2D eigenvalue weighted by atomic mass is 16.5. The molecule has 3 aromatic rings. The Balaban J connectivity index is 1.70. The SMILES string of the molecule is COC(=O)c1ccc(C(=O)Nc2ccc(-c3cccc(OC)c3)cc2)cc1. The van der Waals surface area contributed by atoms with Gasteiger partial charge in [0.1, 0.15) is 5.75 Å². The van der Waals surface area contributed by atoms with Crippen LogP contribution in [0.2, 0.25) is 0 Å². The predicted molar refractivity (Wildman–Crippen MR) is 104 cm³/mol. The molecule has 0 aromatic heterocycles. The maximum absolute atomic E-state index is 12.4. The number of anilines is 1. The molecule has 27 heavy (non-hydrogen) atoms. The Morgan fingerprint density at radius 3 is 2.07 bits per heavy atom.